The van der Waals surface area contributed by atoms with Crippen molar-refractivity contribution in [2.24, 2.45) is 0 Å². The predicted molar refractivity (Wildman–Crippen MR) is 95.9 cm³/mol. The molecule has 1 amide bonds. The van der Waals surface area contributed by atoms with Crippen molar-refractivity contribution in [3.05, 3.63) is 48.3 Å². The van der Waals surface area contributed by atoms with Crippen molar-refractivity contribution in [3.8, 4) is 5.75 Å². The van der Waals surface area contributed by atoms with E-state index in [0.717, 1.165) is 5.69 Å². The summed E-state index contributed by atoms with van der Waals surface area (Å²) in [5.74, 6) is 0.652. The zero-order valence-electron chi connectivity index (χ0n) is 15.0. The second-order valence-electron chi connectivity index (χ2n) is 6.66. The Balaban J connectivity index is 1.56. The lowest BCUT2D eigenvalue weighted by Crippen LogP contribution is -2.50. The Hall–Kier alpha value is -2.38. The van der Waals surface area contributed by atoms with Crippen LogP contribution in [0.1, 0.15) is 12.1 Å². The quantitative estimate of drug-likeness (QED) is 0.840. The summed E-state index contributed by atoms with van der Waals surface area (Å²) in [6.07, 6.45) is 2.19. The maximum atomic E-state index is 12.6. The van der Waals surface area contributed by atoms with Gasteiger partial charge in [-0.2, -0.15) is 5.10 Å². The van der Waals surface area contributed by atoms with Crippen molar-refractivity contribution in [1.29, 1.82) is 0 Å². The lowest BCUT2D eigenvalue weighted by atomic mass is 10.1. The molecule has 1 aromatic heterocycles. The van der Waals surface area contributed by atoms with E-state index < -0.39 is 5.60 Å². The lowest BCUT2D eigenvalue weighted by molar-refractivity contribution is -0.135. The predicted octanol–water partition coefficient (Wildman–Crippen LogP) is 1.25. The molecule has 1 atom stereocenters. The van der Waals surface area contributed by atoms with Crippen LogP contribution < -0.4 is 4.74 Å². The van der Waals surface area contributed by atoms with Gasteiger partial charge in [0.05, 0.1) is 25.5 Å². The molecule has 0 bridgehead atoms. The number of ether oxygens (including phenoxy) is 2. The second-order valence-corrected chi connectivity index (χ2v) is 6.66. The van der Waals surface area contributed by atoms with E-state index in [0.29, 0.717) is 31.9 Å². The van der Waals surface area contributed by atoms with Gasteiger partial charge < -0.3 is 19.5 Å². The Bertz CT molecular complexity index is 719. The molecule has 2 aromatic rings. The van der Waals surface area contributed by atoms with Crippen LogP contribution in [0.2, 0.25) is 0 Å². The van der Waals surface area contributed by atoms with E-state index in [4.69, 9.17) is 9.47 Å². The van der Waals surface area contributed by atoms with E-state index in [1.54, 1.807) is 9.58 Å². The van der Waals surface area contributed by atoms with Crippen LogP contribution in [0.15, 0.2) is 42.6 Å². The van der Waals surface area contributed by atoms with E-state index >= 15 is 0 Å². The Morgan fingerprint density at radius 2 is 2.15 bits per heavy atom. The molecule has 0 aliphatic carbocycles. The summed E-state index contributed by atoms with van der Waals surface area (Å²) in [7, 11) is 0. The molecular formula is C19H25N3O4. The molecule has 0 radical (unpaired) electrons. The smallest absolute Gasteiger partial charge is 0.224 e. The van der Waals surface area contributed by atoms with Gasteiger partial charge in [0.2, 0.25) is 5.91 Å². The number of carbonyl (C=O) groups excluding carboxylic acids is 1. The SMILES string of the molecule is Cc1ccn(CCC(=O)N2CCOC[C@@](O)(COc3ccccc3)C2)n1. The molecule has 7 heteroatoms. The van der Waals surface area contributed by atoms with Crippen molar-refractivity contribution >= 4 is 5.91 Å². The summed E-state index contributed by atoms with van der Waals surface area (Å²) < 4.78 is 12.9. The van der Waals surface area contributed by atoms with Crippen LogP contribution in [-0.4, -0.2) is 64.2 Å². The maximum absolute atomic E-state index is 12.6. The number of benzene rings is 1. The first-order valence-electron chi connectivity index (χ1n) is 8.80. The van der Waals surface area contributed by atoms with Gasteiger partial charge in [0, 0.05) is 25.7 Å². The van der Waals surface area contributed by atoms with Crippen molar-refractivity contribution in [1.82, 2.24) is 14.7 Å². The highest BCUT2D eigenvalue weighted by molar-refractivity contribution is 5.76. The van der Waals surface area contributed by atoms with Crippen molar-refractivity contribution < 1.29 is 19.4 Å². The third kappa shape index (κ3) is 5.06. The van der Waals surface area contributed by atoms with Gasteiger partial charge in [-0.3, -0.25) is 9.48 Å². The van der Waals surface area contributed by atoms with Crippen LogP contribution in [0.5, 0.6) is 5.75 Å². The normalized spacial score (nSPS) is 20.6. The first-order valence-corrected chi connectivity index (χ1v) is 8.80. The Morgan fingerprint density at radius 3 is 2.88 bits per heavy atom. The van der Waals surface area contributed by atoms with Gasteiger partial charge in [0.1, 0.15) is 18.0 Å². The summed E-state index contributed by atoms with van der Waals surface area (Å²) in [5.41, 5.74) is -0.308. The summed E-state index contributed by atoms with van der Waals surface area (Å²) >= 11 is 0. The summed E-state index contributed by atoms with van der Waals surface area (Å²) in [5, 5.41) is 15.1. The largest absolute Gasteiger partial charge is 0.490 e. The van der Waals surface area contributed by atoms with Crippen LogP contribution in [-0.2, 0) is 16.1 Å². The fraction of sp³-hybridized carbons (Fsp3) is 0.474. The Morgan fingerprint density at radius 1 is 1.35 bits per heavy atom. The number of rotatable bonds is 6. The first kappa shape index (κ1) is 18.4. The molecule has 0 unspecified atom stereocenters. The van der Waals surface area contributed by atoms with E-state index in [9.17, 15) is 9.90 Å². The third-order valence-corrected chi connectivity index (χ3v) is 4.29. The van der Waals surface area contributed by atoms with Gasteiger partial charge in [-0.25, -0.2) is 0 Å². The van der Waals surface area contributed by atoms with Crippen molar-refractivity contribution in [2.75, 3.05) is 32.9 Å². The maximum Gasteiger partial charge on any atom is 0.224 e. The molecule has 3 rings (SSSR count). The van der Waals surface area contributed by atoms with Crippen molar-refractivity contribution in [2.45, 2.75) is 25.5 Å². The molecule has 2 heterocycles. The molecular weight excluding hydrogens is 334 g/mol. The summed E-state index contributed by atoms with van der Waals surface area (Å²) in [4.78, 5) is 14.2. The number of aliphatic hydroxyl groups is 1. The molecule has 1 aliphatic heterocycles. The van der Waals surface area contributed by atoms with Crippen molar-refractivity contribution in [3.63, 3.8) is 0 Å². The average molecular weight is 359 g/mol. The Labute approximate surface area is 153 Å². The lowest BCUT2D eigenvalue weighted by Gasteiger charge is -2.30. The molecule has 1 aromatic carbocycles. The average Bonchev–Trinajstić information content (AvgIpc) is 2.96. The number of para-hydroxylation sites is 1. The minimum absolute atomic E-state index is 0.0261. The van der Waals surface area contributed by atoms with Gasteiger partial charge >= 0.3 is 0 Å². The topological polar surface area (TPSA) is 76.8 Å². The van der Waals surface area contributed by atoms with Gasteiger partial charge in [-0.1, -0.05) is 18.2 Å². The molecule has 1 saturated heterocycles. The highest BCUT2D eigenvalue weighted by Gasteiger charge is 2.35. The number of carbonyl (C=O) groups is 1. The van der Waals surface area contributed by atoms with Crippen LogP contribution in [0.3, 0.4) is 0 Å². The van der Waals surface area contributed by atoms with E-state index in [2.05, 4.69) is 5.10 Å². The van der Waals surface area contributed by atoms with Crippen LogP contribution in [0.25, 0.3) is 0 Å². The highest BCUT2D eigenvalue weighted by Crippen LogP contribution is 2.17. The van der Waals surface area contributed by atoms with E-state index in [-0.39, 0.29) is 25.7 Å². The minimum Gasteiger partial charge on any atom is -0.490 e. The van der Waals surface area contributed by atoms with Crippen LogP contribution in [0, 0.1) is 6.92 Å². The molecule has 7 nitrogen and oxygen atoms in total. The minimum atomic E-state index is -1.23. The number of β-amino-alcohol motifs (C(OH)–C–C–N with tert-alkyl or cyclic N) is 1. The van der Waals surface area contributed by atoms with Crippen LogP contribution in [0.4, 0.5) is 0 Å². The number of aromatic nitrogens is 2. The number of nitrogens with zero attached hydrogens (tertiary/aromatic N) is 3. The molecule has 1 N–H and O–H groups in total. The molecule has 1 aliphatic rings. The summed E-state index contributed by atoms with van der Waals surface area (Å²) in [6, 6.07) is 11.2. The number of hydrogen-bond acceptors (Lipinski definition) is 5. The third-order valence-electron chi connectivity index (χ3n) is 4.29. The van der Waals surface area contributed by atoms with Gasteiger partial charge in [-0.05, 0) is 25.1 Å². The number of aryl methyl sites for hydroxylation is 2. The standard InChI is InChI=1S/C19H25N3O4/c1-16-7-9-22(20-16)10-8-18(23)21-11-12-25-14-19(24,13-21)15-26-17-5-3-2-4-6-17/h2-7,9,24H,8,10-15H2,1H3/t19-/m1/s1. The van der Waals surface area contributed by atoms with Crippen LogP contribution >= 0.6 is 0 Å². The van der Waals surface area contributed by atoms with E-state index in [1.165, 1.54) is 0 Å². The Kier molecular flexibility index (Phi) is 5.90. The molecule has 0 saturated carbocycles. The summed E-state index contributed by atoms with van der Waals surface area (Å²) in [6.45, 7) is 3.70. The fourth-order valence-electron chi connectivity index (χ4n) is 2.91. The molecule has 0 spiro atoms. The van der Waals surface area contributed by atoms with Gasteiger partial charge in [-0.15, -0.1) is 0 Å². The highest BCUT2D eigenvalue weighted by atomic mass is 16.5. The second kappa shape index (κ2) is 8.33. The zero-order chi connectivity index (χ0) is 18.4. The molecule has 140 valence electrons. The molecule has 26 heavy (non-hydrogen) atoms. The zero-order valence-corrected chi connectivity index (χ0v) is 15.0. The van der Waals surface area contributed by atoms with Gasteiger partial charge in [0.15, 0.2) is 0 Å². The fourth-order valence-corrected chi connectivity index (χ4v) is 2.91. The molecule has 1 fully saturated rings. The van der Waals surface area contributed by atoms with Gasteiger partial charge in [0.25, 0.3) is 0 Å². The number of hydrogen-bond donors (Lipinski definition) is 1. The first-order chi connectivity index (χ1) is 12.5. The van der Waals surface area contributed by atoms with E-state index in [1.807, 2.05) is 49.5 Å². The monoisotopic (exact) mass is 359 g/mol. The number of amides is 1.